The number of nitrogens with two attached hydrogens (primary N) is 1. The van der Waals surface area contributed by atoms with E-state index in [2.05, 4.69) is 37.2 Å². The van der Waals surface area contributed by atoms with Gasteiger partial charge in [-0.2, -0.15) is 5.10 Å². The normalized spacial score (nSPS) is 10.7. The van der Waals surface area contributed by atoms with Gasteiger partial charge in [0.05, 0.1) is 5.75 Å². The Kier molecular flexibility index (Phi) is 4.58. The van der Waals surface area contributed by atoms with Crippen molar-refractivity contribution in [2.75, 3.05) is 6.54 Å². The fourth-order valence-corrected chi connectivity index (χ4v) is 2.78. The first kappa shape index (κ1) is 12.6. The molecule has 0 atom stereocenters. The lowest BCUT2D eigenvalue weighted by atomic mass is 10.4. The molecule has 6 heteroatoms. The van der Waals surface area contributed by atoms with Gasteiger partial charge in [0.2, 0.25) is 0 Å². The summed E-state index contributed by atoms with van der Waals surface area (Å²) >= 11 is 5.24. The summed E-state index contributed by atoms with van der Waals surface area (Å²) in [7, 11) is 0. The highest BCUT2D eigenvalue weighted by molar-refractivity contribution is 9.10. The number of benzene rings is 1. The summed E-state index contributed by atoms with van der Waals surface area (Å²) in [5, 5.41) is 7.03. The van der Waals surface area contributed by atoms with Crippen LogP contribution in [0.4, 0.5) is 0 Å². The van der Waals surface area contributed by atoms with Crippen molar-refractivity contribution in [3.8, 4) is 0 Å². The summed E-state index contributed by atoms with van der Waals surface area (Å²) in [6, 6.07) is 8.13. The van der Waals surface area contributed by atoms with Crippen molar-refractivity contribution in [3.63, 3.8) is 0 Å². The highest BCUT2D eigenvalue weighted by Crippen LogP contribution is 2.28. The minimum Gasteiger partial charge on any atom is -0.330 e. The zero-order chi connectivity index (χ0) is 12.1. The van der Waals surface area contributed by atoms with Crippen molar-refractivity contribution < 1.29 is 0 Å². The second-order valence-corrected chi connectivity index (χ2v) is 5.33. The van der Waals surface area contributed by atoms with E-state index in [1.807, 2.05) is 18.2 Å². The van der Waals surface area contributed by atoms with Gasteiger partial charge in [-0.25, -0.2) is 4.98 Å². The number of nitrogens with zero attached hydrogens (tertiary/aromatic N) is 2. The number of hydrogen-bond donors (Lipinski definition) is 2. The number of thioether (sulfide) groups is 1. The van der Waals surface area contributed by atoms with Gasteiger partial charge in [0.25, 0.3) is 0 Å². The quantitative estimate of drug-likeness (QED) is 0.832. The average molecular weight is 313 g/mol. The molecule has 0 spiro atoms. The van der Waals surface area contributed by atoms with Crippen molar-refractivity contribution in [1.82, 2.24) is 15.2 Å². The molecule has 0 fully saturated rings. The van der Waals surface area contributed by atoms with E-state index in [1.165, 1.54) is 4.90 Å². The summed E-state index contributed by atoms with van der Waals surface area (Å²) in [6.07, 6.45) is 0.718. The van der Waals surface area contributed by atoms with E-state index in [9.17, 15) is 0 Å². The van der Waals surface area contributed by atoms with Crippen LogP contribution in [0.15, 0.2) is 33.6 Å². The molecule has 90 valence electrons. The number of hydrogen-bond acceptors (Lipinski definition) is 4. The van der Waals surface area contributed by atoms with E-state index in [0.29, 0.717) is 6.54 Å². The number of aromatic nitrogens is 3. The number of nitrogens with one attached hydrogen (secondary N) is 1. The van der Waals surface area contributed by atoms with Crippen LogP contribution in [0.1, 0.15) is 11.6 Å². The van der Waals surface area contributed by atoms with E-state index in [-0.39, 0.29) is 0 Å². The number of halogens is 1. The van der Waals surface area contributed by atoms with Gasteiger partial charge in [-0.15, -0.1) is 11.8 Å². The molecule has 0 bridgehead atoms. The SMILES string of the molecule is NCCc1n[nH]c(CSc2ccccc2Br)n1. The first-order valence-corrected chi connectivity index (χ1v) is 7.05. The molecule has 0 aliphatic rings. The minimum atomic E-state index is 0.578. The van der Waals surface area contributed by atoms with E-state index >= 15 is 0 Å². The van der Waals surface area contributed by atoms with Gasteiger partial charge in [-0.05, 0) is 34.6 Å². The summed E-state index contributed by atoms with van der Waals surface area (Å²) in [4.78, 5) is 5.56. The molecule has 3 N–H and O–H groups in total. The third kappa shape index (κ3) is 3.55. The third-order valence-electron chi connectivity index (χ3n) is 2.15. The Labute approximate surface area is 113 Å². The summed E-state index contributed by atoms with van der Waals surface area (Å²) < 4.78 is 1.10. The summed E-state index contributed by atoms with van der Waals surface area (Å²) in [5.74, 6) is 2.45. The third-order valence-corrected chi connectivity index (χ3v) is 4.19. The molecular weight excluding hydrogens is 300 g/mol. The van der Waals surface area contributed by atoms with E-state index in [1.54, 1.807) is 11.8 Å². The molecule has 2 aromatic rings. The fraction of sp³-hybridized carbons (Fsp3) is 0.273. The maximum Gasteiger partial charge on any atom is 0.151 e. The van der Waals surface area contributed by atoms with Gasteiger partial charge < -0.3 is 5.73 Å². The van der Waals surface area contributed by atoms with Crippen LogP contribution in [0, 0.1) is 0 Å². The summed E-state index contributed by atoms with van der Waals surface area (Å²) in [6.45, 7) is 0.578. The number of H-pyrrole nitrogens is 1. The van der Waals surface area contributed by atoms with Gasteiger partial charge in [0.15, 0.2) is 5.82 Å². The summed E-state index contributed by atoms with van der Waals surface area (Å²) in [5.41, 5.74) is 5.45. The molecule has 0 saturated heterocycles. The van der Waals surface area contributed by atoms with Crippen molar-refractivity contribution in [2.45, 2.75) is 17.1 Å². The van der Waals surface area contributed by atoms with Gasteiger partial charge in [0, 0.05) is 15.8 Å². The monoisotopic (exact) mass is 312 g/mol. The molecule has 17 heavy (non-hydrogen) atoms. The molecule has 0 unspecified atom stereocenters. The predicted molar refractivity (Wildman–Crippen MR) is 72.8 cm³/mol. The predicted octanol–water partition coefficient (Wildman–Crippen LogP) is 2.36. The highest BCUT2D eigenvalue weighted by Gasteiger charge is 2.04. The maximum absolute atomic E-state index is 5.45. The van der Waals surface area contributed by atoms with Gasteiger partial charge in [-0.1, -0.05) is 12.1 Å². The van der Waals surface area contributed by atoms with Crippen molar-refractivity contribution in [3.05, 3.63) is 40.4 Å². The Morgan fingerprint density at radius 2 is 2.18 bits per heavy atom. The topological polar surface area (TPSA) is 67.6 Å². The lowest BCUT2D eigenvalue weighted by Gasteiger charge is -2.01. The molecule has 0 aliphatic heterocycles. The second kappa shape index (κ2) is 6.18. The van der Waals surface area contributed by atoms with Gasteiger partial charge in [0.1, 0.15) is 5.82 Å². The van der Waals surface area contributed by atoms with Crippen LogP contribution in [-0.2, 0) is 12.2 Å². The van der Waals surface area contributed by atoms with Crippen LogP contribution < -0.4 is 5.73 Å². The smallest absolute Gasteiger partial charge is 0.151 e. The second-order valence-electron chi connectivity index (χ2n) is 3.46. The molecule has 0 aliphatic carbocycles. The van der Waals surface area contributed by atoms with E-state index < -0.39 is 0 Å². The van der Waals surface area contributed by atoms with E-state index in [4.69, 9.17) is 5.73 Å². The first-order valence-electron chi connectivity index (χ1n) is 5.27. The van der Waals surface area contributed by atoms with Crippen LogP contribution in [0.2, 0.25) is 0 Å². The molecule has 4 nitrogen and oxygen atoms in total. The van der Waals surface area contributed by atoms with E-state index in [0.717, 1.165) is 28.3 Å². The molecular formula is C11H13BrN4S. The molecule has 0 saturated carbocycles. The average Bonchev–Trinajstić information content (AvgIpc) is 2.76. The van der Waals surface area contributed by atoms with Crippen LogP contribution in [0.25, 0.3) is 0 Å². The van der Waals surface area contributed by atoms with Gasteiger partial charge in [-0.3, -0.25) is 5.10 Å². The fourth-order valence-electron chi connectivity index (χ4n) is 1.35. The first-order chi connectivity index (χ1) is 8.29. The molecule has 1 heterocycles. The van der Waals surface area contributed by atoms with Gasteiger partial charge >= 0.3 is 0 Å². The zero-order valence-electron chi connectivity index (χ0n) is 9.19. The molecule has 1 aromatic heterocycles. The Bertz CT molecular complexity index is 486. The van der Waals surface area contributed by atoms with Crippen LogP contribution >= 0.6 is 27.7 Å². The standard InChI is InChI=1S/C11H13BrN4S/c12-8-3-1-2-4-9(8)17-7-11-14-10(5-6-13)15-16-11/h1-4H,5-7,13H2,(H,14,15,16). The highest BCUT2D eigenvalue weighted by atomic mass is 79.9. The molecule has 2 rings (SSSR count). The lowest BCUT2D eigenvalue weighted by molar-refractivity contribution is 0.874. The molecule has 0 radical (unpaired) electrons. The Morgan fingerprint density at radius 1 is 1.35 bits per heavy atom. The number of aromatic amines is 1. The molecule has 0 amide bonds. The molecule has 1 aromatic carbocycles. The zero-order valence-corrected chi connectivity index (χ0v) is 11.6. The van der Waals surface area contributed by atoms with Crippen LogP contribution in [0.5, 0.6) is 0 Å². The van der Waals surface area contributed by atoms with Crippen LogP contribution in [-0.4, -0.2) is 21.7 Å². The van der Waals surface area contributed by atoms with Crippen LogP contribution in [0.3, 0.4) is 0 Å². The van der Waals surface area contributed by atoms with Crippen molar-refractivity contribution in [1.29, 1.82) is 0 Å². The van der Waals surface area contributed by atoms with Crippen molar-refractivity contribution in [2.24, 2.45) is 5.73 Å². The number of rotatable bonds is 5. The Morgan fingerprint density at radius 3 is 2.94 bits per heavy atom. The lowest BCUT2D eigenvalue weighted by Crippen LogP contribution is -2.03. The maximum atomic E-state index is 5.45. The Balaban J connectivity index is 1.95. The minimum absolute atomic E-state index is 0.578. The van der Waals surface area contributed by atoms with Crippen molar-refractivity contribution >= 4 is 27.7 Å². The largest absolute Gasteiger partial charge is 0.330 e. The Hall–Kier alpha value is -0.850.